The third-order valence-corrected chi connectivity index (χ3v) is 4.77. The summed E-state index contributed by atoms with van der Waals surface area (Å²) in [6.07, 6.45) is 4.80. The van der Waals surface area contributed by atoms with Gasteiger partial charge in [0.05, 0.1) is 13.2 Å². The molecule has 0 spiro atoms. The molecule has 3 atom stereocenters. The molecular weight excluding hydrogens is 303 g/mol. The van der Waals surface area contributed by atoms with Gasteiger partial charge in [0.15, 0.2) is 0 Å². The minimum absolute atomic E-state index is 0. The van der Waals surface area contributed by atoms with E-state index in [0.29, 0.717) is 18.0 Å². The van der Waals surface area contributed by atoms with Gasteiger partial charge in [-0.1, -0.05) is 18.6 Å². The second-order valence-corrected chi connectivity index (χ2v) is 6.17. The van der Waals surface area contributed by atoms with Gasteiger partial charge >= 0.3 is 0 Å². The fourth-order valence-electron chi connectivity index (χ4n) is 3.64. The van der Waals surface area contributed by atoms with Crippen molar-refractivity contribution in [2.24, 2.45) is 5.92 Å². The van der Waals surface area contributed by atoms with Crippen molar-refractivity contribution in [3.8, 4) is 0 Å². The van der Waals surface area contributed by atoms with Gasteiger partial charge in [0.2, 0.25) is 0 Å². The standard InChI is InChI=1S/C17H25FN2O.ClH/c18-14-6-4-13(5-7-14)8-9-19-16-3-1-2-15(16)17-12-21-11-10-20-17;/h4-7,15-17,19-20H,1-3,8-12H2;1H. The topological polar surface area (TPSA) is 33.3 Å². The zero-order valence-electron chi connectivity index (χ0n) is 12.9. The Balaban J connectivity index is 0.00000176. The molecule has 0 amide bonds. The van der Waals surface area contributed by atoms with Crippen molar-refractivity contribution in [2.75, 3.05) is 26.3 Å². The summed E-state index contributed by atoms with van der Waals surface area (Å²) < 4.78 is 18.5. The van der Waals surface area contributed by atoms with Gasteiger partial charge in [-0.05, 0) is 49.4 Å². The van der Waals surface area contributed by atoms with E-state index in [1.165, 1.54) is 37.0 Å². The molecule has 1 aromatic carbocycles. The Bertz CT molecular complexity index is 437. The Kier molecular flexibility index (Phi) is 7.09. The van der Waals surface area contributed by atoms with E-state index < -0.39 is 0 Å². The molecule has 3 nitrogen and oxygen atoms in total. The first-order valence-electron chi connectivity index (χ1n) is 8.12. The van der Waals surface area contributed by atoms with Gasteiger partial charge in [0.25, 0.3) is 0 Å². The van der Waals surface area contributed by atoms with E-state index >= 15 is 0 Å². The third kappa shape index (κ3) is 4.66. The number of rotatable bonds is 5. The van der Waals surface area contributed by atoms with Crippen LogP contribution in [-0.4, -0.2) is 38.4 Å². The van der Waals surface area contributed by atoms with Crippen molar-refractivity contribution in [3.63, 3.8) is 0 Å². The number of ether oxygens (including phenoxy) is 1. The zero-order valence-corrected chi connectivity index (χ0v) is 13.7. The van der Waals surface area contributed by atoms with E-state index in [0.717, 1.165) is 32.7 Å². The van der Waals surface area contributed by atoms with E-state index in [2.05, 4.69) is 10.6 Å². The Labute approximate surface area is 138 Å². The van der Waals surface area contributed by atoms with Crippen LogP contribution in [0.5, 0.6) is 0 Å². The summed E-state index contributed by atoms with van der Waals surface area (Å²) in [5.74, 6) is 0.518. The second kappa shape index (κ2) is 8.82. The molecule has 0 bridgehead atoms. The minimum Gasteiger partial charge on any atom is -0.379 e. The molecule has 1 saturated carbocycles. The molecule has 2 fully saturated rings. The lowest BCUT2D eigenvalue weighted by Gasteiger charge is -2.33. The molecule has 0 aromatic heterocycles. The van der Waals surface area contributed by atoms with Crippen LogP contribution in [0.2, 0.25) is 0 Å². The van der Waals surface area contributed by atoms with E-state index in [9.17, 15) is 4.39 Å². The summed E-state index contributed by atoms with van der Waals surface area (Å²) >= 11 is 0. The number of nitrogens with one attached hydrogen (secondary N) is 2. The summed E-state index contributed by atoms with van der Waals surface area (Å²) in [7, 11) is 0. The van der Waals surface area contributed by atoms with Crippen LogP contribution in [0, 0.1) is 11.7 Å². The zero-order chi connectivity index (χ0) is 14.5. The van der Waals surface area contributed by atoms with Gasteiger partial charge in [-0.15, -0.1) is 12.4 Å². The van der Waals surface area contributed by atoms with Crippen molar-refractivity contribution in [3.05, 3.63) is 35.6 Å². The fourth-order valence-corrected chi connectivity index (χ4v) is 3.64. The lowest BCUT2D eigenvalue weighted by Crippen LogP contribution is -2.51. The molecule has 1 heterocycles. The number of benzene rings is 1. The Morgan fingerprint density at radius 2 is 2.05 bits per heavy atom. The van der Waals surface area contributed by atoms with Crippen LogP contribution < -0.4 is 10.6 Å². The Hall–Kier alpha value is -0.680. The number of hydrogen-bond acceptors (Lipinski definition) is 3. The lowest BCUT2D eigenvalue weighted by molar-refractivity contribution is 0.0526. The molecule has 2 aliphatic rings. The van der Waals surface area contributed by atoms with Gasteiger partial charge in [-0.2, -0.15) is 0 Å². The second-order valence-electron chi connectivity index (χ2n) is 6.17. The molecule has 124 valence electrons. The molecule has 5 heteroatoms. The molecule has 1 aliphatic heterocycles. The molecule has 3 unspecified atom stereocenters. The monoisotopic (exact) mass is 328 g/mol. The van der Waals surface area contributed by atoms with Gasteiger partial charge < -0.3 is 15.4 Å². The maximum Gasteiger partial charge on any atom is 0.123 e. The van der Waals surface area contributed by atoms with Crippen molar-refractivity contribution < 1.29 is 9.13 Å². The number of halogens is 2. The predicted molar refractivity (Wildman–Crippen MR) is 89.1 cm³/mol. The summed E-state index contributed by atoms with van der Waals surface area (Å²) in [5.41, 5.74) is 1.19. The van der Waals surface area contributed by atoms with E-state index in [4.69, 9.17) is 4.74 Å². The highest BCUT2D eigenvalue weighted by atomic mass is 35.5. The first kappa shape index (κ1) is 17.7. The Morgan fingerprint density at radius 1 is 1.23 bits per heavy atom. The molecular formula is C17H26ClFN2O. The maximum absolute atomic E-state index is 12.9. The average Bonchev–Trinajstić information content (AvgIpc) is 2.99. The van der Waals surface area contributed by atoms with Crippen LogP contribution in [0.15, 0.2) is 24.3 Å². The smallest absolute Gasteiger partial charge is 0.123 e. The van der Waals surface area contributed by atoms with Gasteiger partial charge in [0, 0.05) is 18.6 Å². The highest BCUT2D eigenvalue weighted by molar-refractivity contribution is 5.85. The summed E-state index contributed by atoms with van der Waals surface area (Å²) in [4.78, 5) is 0. The fraction of sp³-hybridized carbons (Fsp3) is 0.647. The minimum atomic E-state index is -0.161. The third-order valence-electron chi connectivity index (χ3n) is 4.77. The highest BCUT2D eigenvalue weighted by Gasteiger charge is 2.34. The quantitative estimate of drug-likeness (QED) is 0.871. The molecule has 1 saturated heterocycles. The normalized spacial score (nSPS) is 28.3. The van der Waals surface area contributed by atoms with Crippen LogP contribution in [0.25, 0.3) is 0 Å². The summed E-state index contributed by atoms with van der Waals surface area (Å²) in [6, 6.07) is 7.92. The van der Waals surface area contributed by atoms with E-state index in [-0.39, 0.29) is 18.2 Å². The average molecular weight is 329 g/mol. The van der Waals surface area contributed by atoms with E-state index in [1.807, 2.05) is 12.1 Å². The van der Waals surface area contributed by atoms with Gasteiger partial charge in [0.1, 0.15) is 5.82 Å². The Morgan fingerprint density at radius 3 is 2.77 bits per heavy atom. The highest BCUT2D eigenvalue weighted by Crippen LogP contribution is 2.29. The summed E-state index contributed by atoms with van der Waals surface area (Å²) in [5, 5.41) is 7.30. The van der Waals surface area contributed by atoms with E-state index in [1.54, 1.807) is 0 Å². The first-order chi connectivity index (χ1) is 10.3. The summed E-state index contributed by atoms with van der Waals surface area (Å²) in [6.45, 7) is 3.62. The van der Waals surface area contributed by atoms with Crippen molar-refractivity contribution >= 4 is 12.4 Å². The van der Waals surface area contributed by atoms with Gasteiger partial charge in [-0.3, -0.25) is 0 Å². The lowest BCUT2D eigenvalue weighted by atomic mass is 9.94. The van der Waals surface area contributed by atoms with Crippen molar-refractivity contribution in [2.45, 2.75) is 37.8 Å². The van der Waals surface area contributed by atoms with Gasteiger partial charge in [-0.25, -0.2) is 4.39 Å². The molecule has 3 rings (SSSR count). The number of hydrogen-bond donors (Lipinski definition) is 2. The molecule has 2 N–H and O–H groups in total. The maximum atomic E-state index is 12.9. The number of morpholine rings is 1. The van der Waals surface area contributed by atoms with Crippen LogP contribution in [0.1, 0.15) is 24.8 Å². The van der Waals surface area contributed by atoms with Crippen molar-refractivity contribution in [1.82, 2.24) is 10.6 Å². The molecule has 1 aliphatic carbocycles. The predicted octanol–water partition coefficient (Wildman–Crippen LogP) is 2.54. The largest absolute Gasteiger partial charge is 0.379 e. The molecule has 1 aromatic rings. The van der Waals surface area contributed by atoms with Crippen LogP contribution in [-0.2, 0) is 11.2 Å². The van der Waals surface area contributed by atoms with Crippen molar-refractivity contribution in [1.29, 1.82) is 0 Å². The molecule has 0 radical (unpaired) electrons. The van der Waals surface area contributed by atoms with Crippen LogP contribution in [0.4, 0.5) is 4.39 Å². The van der Waals surface area contributed by atoms with Crippen LogP contribution in [0.3, 0.4) is 0 Å². The molecule has 22 heavy (non-hydrogen) atoms. The van der Waals surface area contributed by atoms with Crippen LogP contribution >= 0.6 is 12.4 Å². The SMILES string of the molecule is Cl.Fc1ccc(CCNC2CCCC2C2COCCN2)cc1. The first-order valence-corrected chi connectivity index (χ1v) is 8.12.